The van der Waals surface area contributed by atoms with Crippen LogP contribution in [0.15, 0.2) is 52.1 Å². The van der Waals surface area contributed by atoms with Crippen LogP contribution in [0.3, 0.4) is 0 Å². The first kappa shape index (κ1) is 21.4. The van der Waals surface area contributed by atoms with Gasteiger partial charge in [-0.25, -0.2) is 23.3 Å². The van der Waals surface area contributed by atoms with Gasteiger partial charge in [0.25, 0.3) is 0 Å². The lowest BCUT2D eigenvalue weighted by molar-refractivity contribution is -0.136. The molecule has 0 aliphatic carbocycles. The van der Waals surface area contributed by atoms with Crippen LogP contribution in [0.2, 0.25) is 0 Å². The van der Waals surface area contributed by atoms with Gasteiger partial charge in [-0.3, -0.25) is 10.1 Å². The number of rotatable bonds is 4. The third kappa shape index (κ3) is 4.99. The monoisotopic (exact) mass is 439 g/mol. The van der Waals surface area contributed by atoms with Crippen LogP contribution in [0, 0.1) is 11.6 Å². The highest BCUT2D eigenvalue weighted by Crippen LogP contribution is 2.31. The second-order valence-corrected chi connectivity index (χ2v) is 7.42. The van der Waals surface area contributed by atoms with Gasteiger partial charge < -0.3 is 9.64 Å². The van der Waals surface area contributed by atoms with Gasteiger partial charge in [-0.05, 0) is 12.1 Å². The lowest BCUT2D eigenvalue weighted by Gasteiger charge is -2.26. The predicted molar refractivity (Wildman–Crippen MR) is 109 cm³/mol. The van der Waals surface area contributed by atoms with Crippen LogP contribution < -0.4 is 9.86 Å². The quantitative estimate of drug-likeness (QED) is 0.558. The number of fused-ring (bicyclic) bond motifs is 1. The molecule has 1 saturated heterocycles. The Kier molecular flexibility index (Phi) is 7.31. The highest BCUT2D eigenvalue weighted by molar-refractivity contribution is 7.95. The van der Waals surface area contributed by atoms with Crippen LogP contribution in [-0.2, 0) is 9.53 Å². The van der Waals surface area contributed by atoms with E-state index >= 15 is 0 Å². The Morgan fingerprint density at radius 1 is 1.38 bits per heavy atom. The first-order chi connectivity index (χ1) is 14.0. The van der Waals surface area contributed by atoms with Gasteiger partial charge in [0.2, 0.25) is 0 Å². The van der Waals surface area contributed by atoms with Gasteiger partial charge in [-0.15, -0.1) is 11.3 Å². The topological polar surface area (TPSA) is 92.8 Å². The number of nitrogens with one attached hydrogen (secondary N) is 1. The van der Waals surface area contributed by atoms with E-state index in [0.29, 0.717) is 18.7 Å². The molecule has 0 amide bonds. The molecule has 1 aromatic carbocycles. The van der Waals surface area contributed by atoms with Crippen LogP contribution in [0.4, 0.5) is 8.78 Å². The normalized spacial score (nSPS) is 18.0. The van der Waals surface area contributed by atoms with Gasteiger partial charge >= 0.3 is 5.97 Å². The predicted octanol–water partition coefficient (Wildman–Crippen LogP) is 2.48. The number of carbonyl (C=O) groups is 1. The van der Waals surface area contributed by atoms with Crippen molar-refractivity contribution in [1.82, 2.24) is 14.6 Å². The fourth-order valence-corrected chi connectivity index (χ4v) is 4.01. The molecule has 1 atom stereocenters. The van der Waals surface area contributed by atoms with Gasteiger partial charge in [-0.2, -0.15) is 0 Å². The number of hydrogen-bond donors (Lipinski definition) is 2. The molecule has 3 heterocycles. The van der Waals surface area contributed by atoms with Gasteiger partial charge in [0.05, 0.1) is 19.2 Å². The second kappa shape index (κ2) is 9.92. The third-order valence-electron chi connectivity index (χ3n) is 4.27. The molecule has 4 rings (SSSR count). The number of nitrogens with two attached hydrogens (primary N) is 1. The van der Waals surface area contributed by atoms with E-state index in [1.54, 1.807) is 6.20 Å². The Balaban J connectivity index is 0.000000252. The van der Waals surface area contributed by atoms with Crippen molar-refractivity contribution in [3.63, 3.8) is 0 Å². The average Bonchev–Trinajstić information content (AvgIpc) is 3.39. The van der Waals surface area contributed by atoms with E-state index in [1.807, 2.05) is 10.3 Å². The summed E-state index contributed by atoms with van der Waals surface area (Å²) in [6, 6.07) is 5.21. The summed E-state index contributed by atoms with van der Waals surface area (Å²) in [7, 11) is 1.39. The van der Waals surface area contributed by atoms with Gasteiger partial charge in [0, 0.05) is 48.4 Å². The summed E-state index contributed by atoms with van der Waals surface area (Å²) in [5.41, 5.74) is 1.57. The zero-order valence-electron chi connectivity index (χ0n) is 15.5. The lowest BCUT2D eigenvalue weighted by atomic mass is 10.1. The van der Waals surface area contributed by atoms with Crippen molar-refractivity contribution >= 4 is 35.3 Å². The molecule has 0 saturated carbocycles. The number of ether oxygens (including phenoxy) is 1. The molecule has 154 valence electrons. The molecule has 2 aliphatic rings. The van der Waals surface area contributed by atoms with E-state index in [4.69, 9.17) is 9.88 Å². The maximum atomic E-state index is 11.9. The third-order valence-corrected chi connectivity index (χ3v) is 5.51. The van der Waals surface area contributed by atoms with E-state index in [2.05, 4.69) is 14.7 Å². The lowest BCUT2D eigenvalue weighted by Crippen LogP contribution is -2.36. The number of methoxy groups -OCH3 is 1. The second-order valence-electron chi connectivity index (χ2n) is 6.06. The zero-order valence-corrected chi connectivity index (χ0v) is 17.1. The summed E-state index contributed by atoms with van der Waals surface area (Å²) >= 11 is 2.63. The standard InChI is InChI=1S/C12H15N5O2S2.C6H4F2/c1-19-12(18)8-5-15-10(11-14-2-3-20-11)17-6-7(16-21-13)4-9(8)17;7-5-3-1-2-4-6(5)8/h2-3,7,16H,4-6,13H2,1H3;1-4H. The molecule has 2 aliphatic heterocycles. The van der Waals surface area contributed by atoms with Crippen LogP contribution in [0.5, 0.6) is 0 Å². The number of benzene rings is 1. The van der Waals surface area contributed by atoms with Gasteiger partial charge in [-0.1, -0.05) is 12.1 Å². The Bertz CT molecular complexity index is 900. The molecule has 0 bridgehead atoms. The summed E-state index contributed by atoms with van der Waals surface area (Å²) in [5.74, 6) is -1.10. The summed E-state index contributed by atoms with van der Waals surface area (Å²) in [6.07, 6.45) is 2.47. The maximum Gasteiger partial charge on any atom is 0.337 e. The van der Waals surface area contributed by atoms with Crippen molar-refractivity contribution in [2.75, 3.05) is 20.2 Å². The number of carbonyl (C=O) groups excluding carboxylic acids is 1. The van der Waals surface area contributed by atoms with E-state index in [-0.39, 0.29) is 12.0 Å². The number of amidine groups is 1. The number of thiazole rings is 1. The fourth-order valence-electron chi connectivity index (χ4n) is 3.01. The molecule has 1 unspecified atom stereocenters. The first-order valence-electron chi connectivity index (χ1n) is 8.58. The summed E-state index contributed by atoms with van der Waals surface area (Å²) in [5, 5.41) is 8.26. The van der Waals surface area contributed by atoms with Crippen molar-refractivity contribution in [1.29, 1.82) is 0 Å². The number of aliphatic imine (C=N–C) groups is 1. The number of nitrogens with zero attached hydrogens (tertiary/aromatic N) is 3. The van der Waals surface area contributed by atoms with E-state index in [1.165, 1.54) is 30.6 Å². The van der Waals surface area contributed by atoms with E-state index < -0.39 is 11.6 Å². The molecule has 29 heavy (non-hydrogen) atoms. The summed E-state index contributed by atoms with van der Waals surface area (Å²) in [6.45, 7) is 1.04. The molecule has 0 spiro atoms. The minimum atomic E-state index is -0.799. The minimum Gasteiger partial charge on any atom is -0.466 e. The molecule has 1 fully saturated rings. The van der Waals surface area contributed by atoms with Crippen molar-refractivity contribution in [3.8, 4) is 0 Å². The zero-order chi connectivity index (χ0) is 20.8. The Morgan fingerprint density at radius 2 is 2.10 bits per heavy atom. The van der Waals surface area contributed by atoms with Crippen molar-refractivity contribution in [2.45, 2.75) is 12.5 Å². The molecule has 0 radical (unpaired) electrons. The first-order valence-corrected chi connectivity index (χ1v) is 10.3. The fraction of sp³-hybridized carbons (Fsp3) is 0.278. The SMILES string of the molecule is COC(=O)C1=C2CC(NSN)CN2C(c2nccs2)=NC1.Fc1ccccc1F. The Labute approximate surface area is 174 Å². The van der Waals surface area contributed by atoms with Crippen molar-refractivity contribution < 1.29 is 18.3 Å². The molecule has 1 aromatic heterocycles. The Hall–Kier alpha value is -2.34. The number of hydrogen-bond acceptors (Lipinski definition) is 9. The van der Waals surface area contributed by atoms with Crippen LogP contribution in [-0.4, -0.2) is 47.9 Å². The van der Waals surface area contributed by atoms with Crippen LogP contribution >= 0.6 is 23.5 Å². The molecule has 11 heteroatoms. The minimum absolute atomic E-state index is 0.165. The molecule has 7 nitrogen and oxygen atoms in total. The van der Waals surface area contributed by atoms with Crippen LogP contribution in [0.25, 0.3) is 0 Å². The summed E-state index contributed by atoms with van der Waals surface area (Å²) < 4.78 is 31.9. The van der Waals surface area contributed by atoms with Gasteiger partial charge in [0.1, 0.15) is 0 Å². The number of aromatic nitrogens is 1. The van der Waals surface area contributed by atoms with E-state index in [0.717, 1.165) is 47.2 Å². The van der Waals surface area contributed by atoms with Crippen molar-refractivity contribution in [2.24, 2.45) is 10.1 Å². The molecule has 2 aromatic rings. The average molecular weight is 440 g/mol. The largest absolute Gasteiger partial charge is 0.466 e. The highest BCUT2D eigenvalue weighted by Gasteiger charge is 2.37. The maximum absolute atomic E-state index is 11.9. The summed E-state index contributed by atoms with van der Waals surface area (Å²) in [4.78, 5) is 22.8. The molecule has 3 N–H and O–H groups in total. The van der Waals surface area contributed by atoms with Gasteiger partial charge in [0.15, 0.2) is 22.5 Å². The molecular weight excluding hydrogens is 420 g/mol. The Morgan fingerprint density at radius 3 is 2.66 bits per heavy atom. The number of esters is 1. The highest BCUT2D eigenvalue weighted by atomic mass is 32.2. The smallest absolute Gasteiger partial charge is 0.337 e. The van der Waals surface area contributed by atoms with Crippen molar-refractivity contribution in [3.05, 3.63) is 63.8 Å². The van der Waals surface area contributed by atoms with Crippen LogP contribution in [0.1, 0.15) is 11.4 Å². The molecular formula is C18H19F2N5O2S2. The number of halogens is 2. The van der Waals surface area contributed by atoms with E-state index in [9.17, 15) is 13.6 Å².